The molecule has 0 aliphatic rings. The normalized spacial score (nSPS) is 13.0. The van der Waals surface area contributed by atoms with E-state index >= 15 is 0 Å². The van der Waals surface area contributed by atoms with Crippen LogP contribution in [0.1, 0.15) is 52.2 Å². The summed E-state index contributed by atoms with van der Waals surface area (Å²) in [7, 11) is 0. The van der Waals surface area contributed by atoms with Crippen LogP contribution in [0.2, 0.25) is 0 Å². The fourth-order valence-electron chi connectivity index (χ4n) is 3.35. The van der Waals surface area contributed by atoms with Crippen molar-refractivity contribution in [2.75, 3.05) is 0 Å². The van der Waals surface area contributed by atoms with Gasteiger partial charge in [-0.25, -0.2) is 4.79 Å². The second-order valence-electron chi connectivity index (χ2n) is 9.91. The van der Waals surface area contributed by atoms with Gasteiger partial charge in [0.1, 0.15) is 30.0 Å². The van der Waals surface area contributed by atoms with Crippen molar-refractivity contribution in [1.29, 1.82) is 0 Å². The number of carbonyl (C=O) groups is 3. The number of primary amides is 1. The van der Waals surface area contributed by atoms with Crippen LogP contribution in [0, 0.1) is 5.92 Å². The smallest absolute Gasteiger partial charge is 0.408 e. The monoisotopic (exact) mass is 483 g/mol. The first kappa shape index (κ1) is 27.7. The van der Waals surface area contributed by atoms with Gasteiger partial charge in [-0.15, -0.1) is 0 Å². The van der Waals surface area contributed by atoms with Gasteiger partial charge in [0.2, 0.25) is 11.8 Å². The largest absolute Gasteiger partial charge is 0.489 e. The predicted octanol–water partition coefficient (Wildman–Crippen LogP) is 3.72. The molecule has 0 aliphatic heterocycles. The van der Waals surface area contributed by atoms with Crippen LogP contribution in [0.4, 0.5) is 4.79 Å². The van der Waals surface area contributed by atoms with Crippen LogP contribution < -0.4 is 21.1 Å². The van der Waals surface area contributed by atoms with Gasteiger partial charge in [-0.3, -0.25) is 9.59 Å². The lowest BCUT2D eigenvalue weighted by Crippen LogP contribution is -2.54. The quantitative estimate of drug-likeness (QED) is 0.450. The van der Waals surface area contributed by atoms with Crippen molar-refractivity contribution in [3.8, 4) is 5.75 Å². The number of alkyl carbamates (subject to hydrolysis) is 1. The van der Waals surface area contributed by atoms with Gasteiger partial charge in [-0.2, -0.15) is 0 Å². The molecule has 0 unspecified atom stereocenters. The molecule has 2 rings (SSSR count). The molecule has 0 radical (unpaired) electrons. The highest BCUT2D eigenvalue weighted by atomic mass is 16.6. The van der Waals surface area contributed by atoms with E-state index in [1.54, 1.807) is 20.8 Å². The van der Waals surface area contributed by atoms with E-state index in [0.717, 1.165) is 11.1 Å². The number of hydrogen-bond acceptors (Lipinski definition) is 5. The topological polar surface area (TPSA) is 120 Å². The highest BCUT2D eigenvalue weighted by molar-refractivity contribution is 5.91. The molecule has 0 fully saturated rings. The molecule has 0 saturated heterocycles. The molecule has 8 heteroatoms. The maximum atomic E-state index is 13.1. The van der Waals surface area contributed by atoms with Gasteiger partial charge < -0.3 is 25.8 Å². The molecule has 0 spiro atoms. The Bertz CT molecular complexity index is 969. The number of amides is 3. The molecular formula is C27H37N3O5. The third-order valence-corrected chi connectivity index (χ3v) is 4.99. The number of nitrogens with one attached hydrogen (secondary N) is 2. The Labute approximate surface area is 207 Å². The van der Waals surface area contributed by atoms with Crippen LogP contribution in [0.25, 0.3) is 0 Å². The lowest BCUT2D eigenvalue weighted by Gasteiger charge is -2.25. The standard InChI is InChI=1S/C27H37N3O5/c1-18(2)15-22(24(28)31)29-25(32)23(30-26(33)35-27(3,4)5)16-19-11-13-21(14-12-19)34-17-20-9-7-6-8-10-20/h6-14,18,22-23H,15-17H2,1-5H3,(H2,28,31)(H,29,32)(H,30,33)/t22-,23+/m1/s1. The minimum absolute atomic E-state index is 0.147. The highest BCUT2D eigenvalue weighted by Gasteiger charge is 2.28. The number of nitrogens with two attached hydrogens (primary N) is 1. The summed E-state index contributed by atoms with van der Waals surface area (Å²) >= 11 is 0. The third kappa shape index (κ3) is 10.5. The van der Waals surface area contributed by atoms with Crippen molar-refractivity contribution in [3.63, 3.8) is 0 Å². The Hall–Kier alpha value is -3.55. The molecule has 2 aromatic carbocycles. The Morgan fingerprint density at radius 3 is 2.06 bits per heavy atom. The maximum absolute atomic E-state index is 13.1. The van der Waals surface area contributed by atoms with Crippen LogP contribution >= 0.6 is 0 Å². The molecule has 2 atom stereocenters. The lowest BCUT2D eigenvalue weighted by atomic mass is 10.0. The van der Waals surface area contributed by atoms with Crippen molar-refractivity contribution in [3.05, 3.63) is 65.7 Å². The van der Waals surface area contributed by atoms with Crippen molar-refractivity contribution < 1.29 is 23.9 Å². The Morgan fingerprint density at radius 1 is 0.886 bits per heavy atom. The van der Waals surface area contributed by atoms with Crippen molar-refractivity contribution in [1.82, 2.24) is 10.6 Å². The summed E-state index contributed by atoms with van der Waals surface area (Å²) in [6, 6.07) is 15.3. The van der Waals surface area contributed by atoms with Gasteiger partial charge in [0.25, 0.3) is 0 Å². The Morgan fingerprint density at radius 2 is 1.51 bits per heavy atom. The Balaban J connectivity index is 2.10. The van der Waals surface area contributed by atoms with Crippen molar-refractivity contribution >= 4 is 17.9 Å². The second kappa shape index (κ2) is 12.8. The van der Waals surface area contributed by atoms with E-state index in [1.807, 2.05) is 68.4 Å². The summed E-state index contributed by atoms with van der Waals surface area (Å²) in [6.07, 6.45) is -0.134. The first-order valence-electron chi connectivity index (χ1n) is 11.8. The van der Waals surface area contributed by atoms with Gasteiger partial charge in [-0.1, -0.05) is 56.3 Å². The molecule has 2 aromatic rings. The predicted molar refractivity (Wildman–Crippen MR) is 135 cm³/mol. The van der Waals surface area contributed by atoms with Crippen molar-refractivity contribution in [2.45, 2.75) is 71.8 Å². The van der Waals surface area contributed by atoms with Crippen LogP contribution in [-0.2, 0) is 27.4 Å². The van der Waals surface area contributed by atoms with Crippen LogP contribution in [-0.4, -0.2) is 35.6 Å². The molecule has 0 saturated carbocycles. The number of carbonyl (C=O) groups excluding carboxylic acids is 3. The molecule has 4 N–H and O–H groups in total. The number of benzene rings is 2. The molecule has 3 amide bonds. The summed E-state index contributed by atoms with van der Waals surface area (Å²) in [6.45, 7) is 9.51. The number of ether oxygens (including phenoxy) is 2. The summed E-state index contributed by atoms with van der Waals surface area (Å²) < 4.78 is 11.1. The summed E-state index contributed by atoms with van der Waals surface area (Å²) in [5, 5.41) is 5.30. The minimum Gasteiger partial charge on any atom is -0.489 e. The van der Waals surface area contributed by atoms with E-state index in [4.69, 9.17) is 15.2 Å². The molecule has 0 heterocycles. The van der Waals surface area contributed by atoms with Crippen molar-refractivity contribution in [2.24, 2.45) is 11.7 Å². The lowest BCUT2D eigenvalue weighted by molar-refractivity contribution is -0.128. The maximum Gasteiger partial charge on any atom is 0.408 e. The summed E-state index contributed by atoms with van der Waals surface area (Å²) in [4.78, 5) is 37.3. The first-order valence-corrected chi connectivity index (χ1v) is 11.8. The molecule has 8 nitrogen and oxygen atoms in total. The van der Waals surface area contributed by atoms with Gasteiger partial charge in [-0.05, 0) is 56.4 Å². The fraction of sp³-hybridized carbons (Fsp3) is 0.444. The zero-order chi connectivity index (χ0) is 26.0. The SMILES string of the molecule is CC(C)C[C@@H](NC(=O)[C@H](Cc1ccc(OCc2ccccc2)cc1)NC(=O)OC(C)(C)C)C(N)=O. The van der Waals surface area contributed by atoms with E-state index in [-0.39, 0.29) is 12.3 Å². The molecule has 0 aliphatic carbocycles. The summed E-state index contributed by atoms with van der Waals surface area (Å²) in [5.41, 5.74) is 6.61. The molecule has 190 valence electrons. The zero-order valence-electron chi connectivity index (χ0n) is 21.2. The highest BCUT2D eigenvalue weighted by Crippen LogP contribution is 2.16. The van der Waals surface area contributed by atoms with E-state index in [9.17, 15) is 14.4 Å². The number of hydrogen-bond donors (Lipinski definition) is 3. The first-order chi connectivity index (χ1) is 16.4. The fourth-order valence-corrected chi connectivity index (χ4v) is 3.35. The molecule has 35 heavy (non-hydrogen) atoms. The molecule has 0 bridgehead atoms. The van der Waals surface area contributed by atoms with E-state index in [0.29, 0.717) is 18.8 Å². The Kier molecular flexibility index (Phi) is 10.1. The summed E-state index contributed by atoms with van der Waals surface area (Å²) in [5.74, 6) is -0.300. The van der Waals surface area contributed by atoms with Gasteiger partial charge >= 0.3 is 6.09 Å². The van der Waals surface area contributed by atoms with Gasteiger partial charge in [0.05, 0.1) is 0 Å². The van der Waals surface area contributed by atoms with Crippen LogP contribution in [0.3, 0.4) is 0 Å². The average Bonchev–Trinajstić information content (AvgIpc) is 2.76. The van der Waals surface area contributed by atoms with Crippen LogP contribution in [0.5, 0.6) is 5.75 Å². The average molecular weight is 484 g/mol. The van der Waals surface area contributed by atoms with E-state index < -0.39 is 35.6 Å². The van der Waals surface area contributed by atoms with Gasteiger partial charge in [0, 0.05) is 6.42 Å². The van der Waals surface area contributed by atoms with E-state index in [2.05, 4.69) is 10.6 Å². The molecule has 0 aromatic heterocycles. The third-order valence-electron chi connectivity index (χ3n) is 4.99. The van der Waals surface area contributed by atoms with Gasteiger partial charge in [0.15, 0.2) is 0 Å². The zero-order valence-corrected chi connectivity index (χ0v) is 21.2. The second-order valence-corrected chi connectivity index (χ2v) is 9.91. The minimum atomic E-state index is -0.963. The molecular weight excluding hydrogens is 446 g/mol. The van der Waals surface area contributed by atoms with Crippen LogP contribution in [0.15, 0.2) is 54.6 Å². The number of rotatable bonds is 11. The van der Waals surface area contributed by atoms with E-state index in [1.165, 1.54) is 0 Å².